The van der Waals surface area contributed by atoms with Gasteiger partial charge in [0.1, 0.15) is 5.75 Å². The lowest BCUT2D eigenvalue weighted by Gasteiger charge is -2.24. The minimum Gasteiger partial charge on any atom is -0.496 e. The number of ketones is 1. The molecule has 0 saturated heterocycles. The topological polar surface area (TPSA) is 54.1 Å². The van der Waals surface area contributed by atoms with Crippen molar-refractivity contribution < 1.29 is 9.53 Å². The molecule has 1 heterocycles. The number of para-hydroxylation sites is 2. The number of carbonyl (C=O) groups excluding carboxylic acids is 1. The third-order valence-corrected chi connectivity index (χ3v) is 5.27. The van der Waals surface area contributed by atoms with Gasteiger partial charge in [-0.05, 0) is 24.6 Å². The summed E-state index contributed by atoms with van der Waals surface area (Å²) in [4.78, 5) is 16.8. The van der Waals surface area contributed by atoms with Crippen LogP contribution in [0, 0.1) is 0 Å². The summed E-state index contributed by atoms with van der Waals surface area (Å²) in [6.07, 6.45) is 1.80. The first kappa shape index (κ1) is 19.0. The molecule has 2 N–H and O–H groups in total. The Bertz CT molecular complexity index is 1120. The first-order chi connectivity index (χ1) is 14.2. The van der Waals surface area contributed by atoms with E-state index in [4.69, 9.17) is 4.74 Å². The second-order valence-corrected chi connectivity index (χ2v) is 7.09. The predicted molar refractivity (Wildman–Crippen MR) is 116 cm³/mol. The van der Waals surface area contributed by atoms with Gasteiger partial charge >= 0.3 is 0 Å². The summed E-state index contributed by atoms with van der Waals surface area (Å²) in [6.45, 7) is 2.05. The van der Waals surface area contributed by atoms with E-state index in [2.05, 4.69) is 17.2 Å². The van der Waals surface area contributed by atoms with Crippen LogP contribution in [0.25, 0.3) is 10.9 Å². The van der Waals surface area contributed by atoms with Gasteiger partial charge in [-0.2, -0.15) is 0 Å². The van der Waals surface area contributed by atoms with Gasteiger partial charge in [0.15, 0.2) is 5.78 Å². The summed E-state index contributed by atoms with van der Waals surface area (Å²) < 4.78 is 5.51. The number of methoxy groups -OCH3 is 1. The van der Waals surface area contributed by atoms with Gasteiger partial charge in [-0.25, -0.2) is 0 Å². The van der Waals surface area contributed by atoms with E-state index < -0.39 is 6.04 Å². The predicted octanol–water partition coefficient (Wildman–Crippen LogP) is 5.45. The van der Waals surface area contributed by atoms with E-state index in [1.807, 2.05) is 78.9 Å². The molecule has 29 heavy (non-hydrogen) atoms. The Morgan fingerprint density at radius 3 is 2.41 bits per heavy atom. The maximum atomic E-state index is 13.6. The molecule has 0 bridgehead atoms. The summed E-state index contributed by atoms with van der Waals surface area (Å²) in [6, 6.07) is 25.1. The number of carbonyl (C=O) groups is 1. The number of nitrogens with one attached hydrogen (secondary N) is 2. The summed E-state index contributed by atoms with van der Waals surface area (Å²) >= 11 is 0. The van der Waals surface area contributed by atoms with Crippen LogP contribution in [0.3, 0.4) is 0 Å². The Labute approximate surface area is 170 Å². The van der Waals surface area contributed by atoms with E-state index in [0.29, 0.717) is 5.56 Å². The van der Waals surface area contributed by atoms with Crippen LogP contribution in [-0.4, -0.2) is 17.9 Å². The van der Waals surface area contributed by atoms with Crippen LogP contribution >= 0.6 is 0 Å². The van der Waals surface area contributed by atoms with E-state index in [1.165, 1.54) is 0 Å². The molecule has 0 fully saturated rings. The fourth-order valence-electron chi connectivity index (χ4n) is 3.76. The summed E-state index contributed by atoms with van der Waals surface area (Å²) in [5.41, 5.74) is 3.60. The van der Waals surface area contributed by atoms with Gasteiger partial charge in [0.2, 0.25) is 0 Å². The van der Waals surface area contributed by atoms with Crippen LogP contribution in [0.2, 0.25) is 0 Å². The normalized spacial score (nSPS) is 13.2. The van der Waals surface area contributed by atoms with Crippen LogP contribution < -0.4 is 10.1 Å². The van der Waals surface area contributed by atoms with Crippen LogP contribution in [0.4, 0.5) is 0 Å². The van der Waals surface area contributed by atoms with Crippen molar-refractivity contribution in [3.8, 4) is 5.75 Å². The van der Waals surface area contributed by atoms with E-state index in [1.54, 1.807) is 13.3 Å². The SMILES string of the molecule is COc1ccccc1[C@@H](C)N[C@@H](C(=O)c1c[nH]c2ccccc12)c1ccccc1. The highest BCUT2D eigenvalue weighted by Gasteiger charge is 2.26. The van der Waals surface area contributed by atoms with Crippen LogP contribution in [0.15, 0.2) is 85.1 Å². The van der Waals surface area contributed by atoms with Crippen molar-refractivity contribution in [2.24, 2.45) is 0 Å². The first-order valence-electron chi connectivity index (χ1n) is 9.73. The molecule has 1 aromatic heterocycles. The lowest BCUT2D eigenvalue weighted by atomic mass is 9.95. The molecule has 4 aromatic rings. The summed E-state index contributed by atoms with van der Waals surface area (Å²) in [5, 5.41) is 4.47. The molecule has 0 aliphatic rings. The van der Waals surface area contributed by atoms with Crippen molar-refractivity contribution in [3.05, 3.63) is 102 Å². The van der Waals surface area contributed by atoms with Gasteiger partial charge < -0.3 is 9.72 Å². The third-order valence-electron chi connectivity index (χ3n) is 5.27. The van der Waals surface area contributed by atoms with Gasteiger partial charge in [-0.1, -0.05) is 66.7 Å². The Balaban J connectivity index is 1.72. The van der Waals surface area contributed by atoms with Gasteiger partial charge in [0, 0.05) is 34.3 Å². The Kier molecular flexibility index (Phi) is 5.45. The fourth-order valence-corrected chi connectivity index (χ4v) is 3.76. The molecule has 146 valence electrons. The number of hydrogen-bond donors (Lipinski definition) is 2. The molecule has 0 saturated carbocycles. The molecule has 4 heteroatoms. The number of rotatable bonds is 7. The van der Waals surface area contributed by atoms with Gasteiger partial charge in [-0.15, -0.1) is 0 Å². The highest BCUT2D eigenvalue weighted by Crippen LogP contribution is 2.30. The molecule has 0 radical (unpaired) electrons. The summed E-state index contributed by atoms with van der Waals surface area (Å²) in [5.74, 6) is 0.842. The second-order valence-electron chi connectivity index (χ2n) is 7.09. The smallest absolute Gasteiger partial charge is 0.186 e. The molecule has 2 atom stereocenters. The molecule has 0 amide bonds. The number of Topliss-reactive ketones (excluding diaryl/α,β-unsaturated/α-hetero) is 1. The number of H-pyrrole nitrogens is 1. The number of benzene rings is 3. The van der Waals surface area contributed by atoms with E-state index in [-0.39, 0.29) is 11.8 Å². The van der Waals surface area contributed by atoms with E-state index >= 15 is 0 Å². The van der Waals surface area contributed by atoms with Gasteiger partial charge in [0.25, 0.3) is 0 Å². The minimum atomic E-state index is -0.477. The molecule has 3 aromatic carbocycles. The quantitative estimate of drug-likeness (QED) is 0.417. The Morgan fingerprint density at radius 1 is 0.931 bits per heavy atom. The highest BCUT2D eigenvalue weighted by atomic mass is 16.5. The van der Waals surface area contributed by atoms with Crippen LogP contribution in [-0.2, 0) is 0 Å². The van der Waals surface area contributed by atoms with Gasteiger partial charge in [0.05, 0.1) is 13.2 Å². The molecule has 4 nitrogen and oxygen atoms in total. The highest BCUT2D eigenvalue weighted by molar-refractivity contribution is 6.10. The van der Waals surface area contributed by atoms with Crippen molar-refractivity contribution in [2.75, 3.05) is 7.11 Å². The first-order valence-corrected chi connectivity index (χ1v) is 9.73. The number of ether oxygens (including phenoxy) is 1. The van der Waals surface area contributed by atoms with Gasteiger partial charge in [-0.3, -0.25) is 10.1 Å². The molecule has 0 aliphatic heterocycles. The molecule has 0 aliphatic carbocycles. The lowest BCUT2D eigenvalue weighted by molar-refractivity contribution is 0.0938. The minimum absolute atomic E-state index is 0.0374. The Morgan fingerprint density at radius 2 is 1.62 bits per heavy atom. The summed E-state index contributed by atoms with van der Waals surface area (Å²) in [7, 11) is 1.66. The average Bonchev–Trinajstić information content (AvgIpc) is 3.21. The standard InChI is InChI=1S/C25H24N2O2/c1-17(19-12-7-9-15-23(19)29-2)27-24(18-10-4-3-5-11-18)25(28)21-16-26-22-14-8-6-13-20(21)22/h3-17,24,26-27H,1-2H3/t17-,24-/m1/s1. The van der Waals surface area contributed by atoms with Crippen molar-refractivity contribution in [1.29, 1.82) is 0 Å². The molecule has 0 spiro atoms. The third kappa shape index (κ3) is 3.80. The number of hydrogen-bond acceptors (Lipinski definition) is 3. The maximum Gasteiger partial charge on any atom is 0.186 e. The molecular formula is C25H24N2O2. The number of aromatic amines is 1. The van der Waals surface area contributed by atoms with Crippen molar-refractivity contribution >= 4 is 16.7 Å². The van der Waals surface area contributed by atoms with E-state index in [0.717, 1.165) is 27.8 Å². The Hall–Kier alpha value is -3.37. The molecule has 4 rings (SSSR count). The second kappa shape index (κ2) is 8.33. The fraction of sp³-hybridized carbons (Fsp3) is 0.160. The number of aromatic nitrogens is 1. The monoisotopic (exact) mass is 384 g/mol. The lowest BCUT2D eigenvalue weighted by Crippen LogP contribution is -2.31. The van der Waals surface area contributed by atoms with Crippen molar-refractivity contribution in [3.63, 3.8) is 0 Å². The van der Waals surface area contributed by atoms with Crippen LogP contribution in [0.1, 0.15) is 40.5 Å². The maximum absolute atomic E-state index is 13.6. The zero-order valence-electron chi connectivity index (χ0n) is 16.6. The van der Waals surface area contributed by atoms with Crippen molar-refractivity contribution in [2.45, 2.75) is 19.0 Å². The number of fused-ring (bicyclic) bond motifs is 1. The molecular weight excluding hydrogens is 360 g/mol. The largest absolute Gasteiger partial charge is 0.496 e. The molecule has 0 unspecified atom stereocenters. The zero-order valence-corrected chi connectivity index (χ0v) is 16.6. The van der Waals surface area contributed by atoms with Crippen molar-refractivity contribution in [1.82, 2.24) is 10.3 Å². The zero-order chi connectivity index (χ0) is 20.2. The van der Waals surface area contributed by atoms with Crippen LogP contribution in [0.5, 0.6) is 5.75 Å². The average molecular weight is 384 g/mol. The van der Waals surface area contributed by atoms with E-state index in [9.17, 15) is 4.79 Å².